The van der Waals surface area contributed by atoms with Gasteiger partial charge in [0.1, 0.15) is 16.2 Å². The predicted octanol–water partition coefficient (Wildman–Crippen LogP) is 1.77. The lowest BCUT2D eigenvalue weighted by molar-refractivity contribution is -0.145. The molecule has 0 aromatic heterocycles. The van der Waals surface area contributed by atoms with Crippen molar-refractivity contribution in [1.82, 2.24) is 0 Å². The molecule has 2 aliphatic heterocycles. The summed E-state index contributed by atoms with van der Waals surface area (Å²) >= 11 is 5.93. The van der Waals surface area contributed by atoms with E-state index in [1.807, 2.05) is 6.92 Å². The van der Waals surface area contributed by atoms with Crippen molar-refractivity contribution < 1.29 is 14.3 Å². The first-order valence-electron chi connectivity index (χ1n) is 4.32. The summed E-state index contributed by atoms with van der Waals surface area (Å²) in [5, 5.41) is 0.133. The van der Waals surface area contributed by atoms with E-state index in [-0.39, 0.29) is 10.8 Å². The van der Waals surface area contributed by atoms with Crippen molar-refractivity contribution in [3.05, 3.63) is 22.9 Å². The molecular formula is C10H11ClO3. The van der Waals surface area contributed by atoms with Gasteiger partial charge in [0.2, 0.25) is 5.78 Å². The number of carbonyl (C=O) groups is 1. The second-order valence-electron chi connectivity index (χ2n) is 3.83. The number of hydrogen-bond donors (Lipinski definition) is 0. The van der Waals surface area contributed by atoms with Crippen molar-refractivity contribution in [3.8, 4) is 0 Å². The van der Waals surface area contributed by atoms with Gasteiger partial charge >= 0.3 is 0 Å². The molecule has 2 aliphatic rings. The highest BCUT2D eigenvalue weighted by Gasteiger charge is 2.53. The van der Waals surface area contributed by atoms with Gasteiger partial charge in [0.05, 0.1) is 7.11 Å². The Balaban J connectivity index is 2.61. The summed E-state index contributed by atoms with van der Waals surface area (Å²) in [5.74, 6) is 0.137. The highest BCUT2D eigenvalue weighted by Crippen LogP contribution is 2.45. The summed E-state index contributed by atoms with van der Waals surface area (Å²) in [6.07, 6.45) is 3.53. The van der Waals surface area contributed by atoms with Crippen LogP contribution in [0.15, 0.2) is 22.9 Å². The van der Waals surface area contributed by atoms with Crippen LogP contribution in [0.3, 0.4) is 0 Å². The zero-order valence-corrected chi connectivity index (χ0v) is 9.01. The van der Waals surface area contributed by atoms with Gasteiger partial charge in [-0.3, -0.25) is 4.79 Å². The minimum atomic E-state index is -0.923. The van der Waals surface area contributed by atoms with Gasteiger partial charge in [0, 0.05) is 0 Å². The van der Waals surface area contributed by atoms with Gasteiger partial charge in [0.25, 0.3) is 0 Å². The Bertz CT molecular complexity index is 372. The number of Topliss-reactive ketones (excluding diaryl/α,β-unsaturated/α-hetero) is 1. The molecule has 2 bridgehead atoms. The SMILES string of the molecule is COC1=C(Cl)C(=O)C2(C)C=CC1(C)O2. The predicted molar refractivity (Wildman–Crippen MR) is 51.9 cm³/mol. The minimum Gasteiger partial charge on any atom is -0.496 e. The van der Waals surface area contributed by atoms with E-state index in [0.717, 1.165) is 0 Å². The smallest absolute Gasteiger partial charge is 0.213 e. The van der Waals surface area contributed by atoms with Crippen LogP contribution in [0.1, 0.15) is 13.8 Å². The first kappa shape index (κ1) is 9.74. The van der Waals surface area contributed by atoms with Crippen molar-refractivity contribution in [2.75, 3.05) is 7.11 Å². The molecule has 0 saturated carbocycles. The first-order valence-corrected chi connectivity index (χ1v) is 4.70. The molecule has 0 saturated heterocycles. The van der Waals surface area contributed by atoms with Gasteiger partial charge in [-0.1, -0.05) is 11.6 Å². The number of hydrogen-bond acceptors (Lipinski definition) is 3. The molecule has 3 nitrogen and oxygen atoms in total. The van der Waals surface area contributed by atoms with Crippen molar-refractivity contribution in [3.63, 3.8) is 0 Å². The lowest BCUT2D eigenvalue weighted by Gasteiger charge is -2.35. The normalized spacial score (nSPS) is 40.7. The molecule has 0 fully saturated rings. The molecule has 14 heavy (non-hydrogen) atoms. The zero-order valence-electron chi connectivity index (χ0n) is 8.26. The first-order chi connectivity index (χ1) is 6.43. The average Bonchev–Trinajstić information content (AvgIpc) is 2.40. The standard InChI is InChI=1S/C10H11ClO3/c1-9-4-5-10(2,14-9)8(13-3)6(11)7(9)12/h4-5H,1-3H3. The molecule has 2 atom stereocenters. The Labute approximate surface area is 87.3 Å². The van der Waals surface area contributed by atoms with E-state index < -0.39 is 11.2 Å². The van der Waals surface area contributed by atoms with Crippen molar-refractivity contribution >= 4 is 17.4 Å². The van der Waals surface area contributed by atoms with Crippen LogP contribution in [0, 0.1) is 0 Å². The average molecular weight is 215 g/mol. The number of carbonyl (C=O) groups excluding carboxylic acids is 1. The van der Waals surface area contributed by atoms with Gasteiger partial charge in [-0.05, 0) is 26.0 Å². The third-order valence-corrected chi connectivity index (χ3v) is 2.99. The molecule has 0 N–H and O–H groups in total. The van der Waals surface area contributed by atoms with Crippen LogP contribution < -0.4 is 0 Å². The third kappa shape index (κ3) is 0.996. The van der Waals surface area contributed by atoms with Gasteiger partial charge in [-0.15, -0.1) is 0 Å². The third-order valence-electron chi connectivity index (χ3n) is 2.65. The number of ether oxygens (including phenoxy) is 2. The summed E-state index contributed by atoms with van der Waals surface area (Å²) in [4.78, 5) is 11.8. The summed E-state index contributed by atoms with van der Waals surface area (Å²) in [7, 11) is 1.48. The molecular weight excluding hydrogens is 204 g/mol. The Morgan fingerprint density at radius 2 is 1.93 bits per heavy atom. The zero-order chi connectivity index (χ0) is 10.6. The van der Waals surface area contributed by atoms with E-state index >= 15 is 0 Å². The molecule has 0 aromatic rings. The number of methoxy groups -OCH3 is 1. The molecule has 0 amide bonds. The van der Waals surface area contributed by atoms with Gasteiger partial charge in [-0.2, -0.15) is 0 Å². The van der Waals surface area contributed by atoms with Crippen molar-refractivity contribution in [2.24, 2.45) is 0 Å². The van der Waals surface area contributed by atoms with Crippen LogP contribution >= 0.6 is 11.6 Å². The number of rotatable bonds is 1. The Kier molecular flexibility index (Phi) is 1.82. The molecule has 2 rings (SSSR count). The number of fused-ring (bicyclic) bond motifs is 2. The summed E-state index contributed by atoms with van der Waals surface area (Å²) < 4.78 is 10.7. The van der Waals surface area contributed by atoms with Crippen molar-refractivity contribution in [1.29, 1.82) is 0 Å². The Morgan fingerprint density at radius 3 is 2.50 bits per heavy atom. The molecule has 4 heteroatoms. The van der Waals surface area contributed by atoms with Crippen LogP contribution in [0.2, 0.25) is 0 Å². The minimum absolute atomic E-state index is 0.133. The van der Waals surface area contributed by atoms with Gasteiger partial charge < -0.3 is 9.47 Å². The van der Waals surface area contributed by atoms with Crippen LogP contribution in [0.25, 0.3) is 0 Å². The molecule has 0 aliphatic carbocycles. The van der Waals surface area contributed by atoms with E-state index in [1.54, 1.807) is 19.1 Å². The summed E-state index contributed by atoms with van der Waals surface area (Å²) in [5.41, 5.74) is -1.62. The Morgan fingerprint density at radius 1 is 1.36 bits per heavy atom. The molecule has 2 unspecified atom stereocenters. The Hall–Kier alpha value is -0.800. The second-order valence-corrected chi connectivity index (χ2v) is 4.20. The van der Waals surface area contributed by atoms with E-state index in [9.17, 15) is 4.79 Å². The topological polar surface area (TPSA) is 35.5 Å². The fraction of sp³-hybridized carbons (Fsp3) is 0.500. The van der Waals surface area contributed by atoms with Crippen LogP contribution in [0.5, 0.6) is 0 Å². The van der Waals surface area contributed by atoms with Crippen LogP contribution in [0.4, 0.5) is 0 Å². The molecule has 0 aromatic carbocycles. The van der Waals surface area contributed by atoms with Gasteiger partial charge in [-0.25, -0.2) is 0 Å². The molecule has 0 radical (unpaired) electrons. The van der Waals surface area contributed by atoms with E-state index in [4.69, 9.17) is 21.1 Å². The fourth-order valence-electron chi connectivity index (χ4n) is 1.90. The maximum atomic E-state index is 11.8. The lowest BCUT2D eigenvalue weighted by atomic mass is 9.97. The molecule has 0 spiro atoms. The van der Waals surface area contributed by atoms with E-state index in [2.05, 4.69) is 0 Å². The highest BCUT2D eigenvalue weighted by atomic mass is 35.5. The van der Waals surface area contributed by atoms with Crippen LogP contribution in [-0.4, -0.2) is 24.1 Å². The maximum Gasteiger partial charge on any atom is 0.213 e. The van der Waals surface area contributed by atoms with E-state index in [1.165, 1.54) is 7.11 Å². The quantitative estimate of drug-likeness (QED) is 0.624. The second kappa shape index (κ2) is 2.61. The number of ketones is 1. The fourth-order valence-corrected chi connectivity index (χ4v) is 2.35. The van der Waals surface area contributed by atoms with Crippen molar-refractivity contribution in [2.45, 2.75) is 25.0 Å². The van der Waals surface area contributed by atoms with Crippen LogP contribution in [-0.2, 0) is 14.3 Å². The van der Waals surface area contributed by atoms with E-state index in [0.29, 0.717) is 5.76 Å². The number of halogens is 1. The van der Waals surface area contributed by atoms with Gasteiger partial charge in [0.15, 0.2) is 5.76 Å². The largest absolute Gasteiger partial charge is 0.496 e. The summed E-state index contributed by atoms with van der Waals surface area (Å²) in [6.45, 7) is 3.52. The molecule has 2 heterocycles. The highest BCUT2D eigenvalue weighted by molar-refractivity contribution is 6.44. The summed E-state index contributed by atoms with van der Waals surface area (Å²) in [6, 6.07) is 0. The molecule has 76 valence electrons. The lowest BCUT2D eigenvalue weighted by Crippen LogP contribution is -2.46. The monoisotopic (exact) mass is 214 g/mol. The maximum absolute atomic E-state index is 11.8.